The number of ether oxygens (including phenoxy) is 1. The first-order valence-electron chi connectivity index (χ1n) is 21.9. The number of hydrogen-bond donors (Lipinski definition) is 0. The van der Waals surface area contributed by atoms with Gasteiger partial charge < -0.3 is 18.8 Å². The molecule has 0 saturated heterocycles. The molecule has 0 spiro atoms. The molecule has 288 valence electrons. The number of aromatic nitrogens is 2. The van der Waals surface area contributed by atoms with Gasteiger partial charge in [0.05, 0.1) is 44.8 Å². The second-order valence-electron chi connectivity index (χ2n) is 17.5. The highest BCUT2D eigenvalue weighted by Gasteiger charge is 2.44. The van der Waals surface area contributed by atoms with Crippen molar-refractivity contribution in [2.75, 3.05) is 4.90 Å². The Morgan fingerprint density at radius 3 is 1.37 bits per heavy atom. The molecule has 2 aromatic heterocycles. The van der Waals surface area contributed by atoms with Crippen molar-refractivity contribution in [1.29, 1.82) is 0 Å². The summed E-state index contributed by atoms with van der Waals surface area (Å²) in [6.45, 7) is -0.0631. The SMILES string of the molecule is c1ccc2c(c1)Oc1ccccc1N2c1ccc2c3c1-n1c4ccc5ccccc5c4c4c5ccccc5cc(c41)B3c1cc3ccccc3c3c4c5ccccc5ccc4n-2c13. The van der Waals surface area contributed by atoms with Gasteiger partial charge in [-0.25, -0.2) is 0 Å². The van der Waals surface area contributed by atoms with Gasteiger partial charge in [0.25, 0.3) is 6.71 Å². The third-order valence-corrected chi connectivity index (χ3v) is 14.6. The van der Waals surface area contributed by atoms with E-state index in [9.17, 15) is 0 Å². The predicted molar refractivity (Wildman–Crippen MR) is 265 cm³/mol. The maximum atomic E-state index is 6.66. The molecule has 63 heavy (non-hydrogen) atoms. The van der Waals surface area contributed by atoms with Crippen LogP contribution in [0, 0.1) is 0 Å². The summed E-state index contributed by atoms with van der Waals surface area (Å²) in [5, 5.41) is 15.4. The van der Waals surface area contributed by atoms with Crippen LogP contribution in [0.1, 0.15) is 0 Å². The van der Waals surface area contributed by atoms with Crippen molar-refractivity contribution in [2.45, 2.75) is 0 Å². The Balaban J connectivity index is 1.18. The van der Waals surface area contributed by atoms with Gasteiger partial charge >= 0.3 is 0 Å². The molecule has 0 unspecified atom stereocenters. The highest BCUT2D eigenvalue weighted by molar-refractivity contribution is 7.01. The van der Waals surface area contributed by atoms with Gasteiger partial charge in [-0.15, -0.1) is 0 Å². The van der Waals surface area contributed by atoms with Crippen LogP contribution in [-0.4, -0.2) is 15.8 Å². The summed E-state index contributed by atoms with van der Waals surface area (Å²) in [5.41, 5.74) is 14.6. The van der Waals surface area contributed by atoms with Crippen LogP contribution in [0.4, 0.5) is 17.1 Å². The largest absolute Gasteiger partial charge is 0.453 e. The Morgan fingerprint density at radius 1 is 0.349 bits per heavy atom. The van der Waals surface area contributed by atoms with Crippen LogP contribution >= 0.6 is 0 Å². The minimum absolute atomic E-state index is 0.0631. The Morgan fingerprint density at radius 2 is 0.794 bits per heavy atom. The standard InChI is InChI=1S/C58H32BN3O/c1-5-17-37-33(13-1)25-27-45-51(37)53-39-19-7-3-15-35(39)31-41-56(53)61(45)47-29-30-48(60-43-21-9-11-23-49(43)63-50-24-12-10-22-44(50)60)58-55(47)59(41)42-32-36-16-4-8-20-40(36)54-52-38-18-6-2-14-34(38)26-28-46(52)62(58)57(42)54/h1-32H. The summed E-state index contributed by atoms with van der Waals surface area (Å²) < 4.78 is 11.9. The van der Waals surface area contributed by atoms with Gasteiger partial charge in [0.15, 0.2) is 11.5 Å². The van der Waals surface area contributed by atoms with Gasteiger partial charge in [0.1, 0.15) is 0 Å². The maximum Gasteiger partial charge on any atom is 0.252 e. The average Bonchev–Trinajstić information content (AvgIpc) is 3.89. The lowest BCUT2D eigenvalue weighted by Crippen LogP contribution is -2.59. The molecule has 3 aliphatic rings. The number of para-hydroxylation sites is 4. The normalized spacial score (nSPS) is 13.5. The molecular weight excluding hydrogens is 765 g/mol. The van der Waals surface area contributed by atoms with E-state index in [2.05, 4.69) is 208 Å². The quantitative estimate of drug-likeness (QED) is 0.154. The molecule has 16 rings (SSSR count). The van der Waals surface area contributed by atoms with Crippen molar-refractivity contribution in [2.24, 2.45) is 0 Å². The van der Waals surface area contributed by atoms with E-state index >= 15 is 0 Å². The second-order valence-corrected chi connectivity index (χ2v) is 17.5. The van der Waals surface area contributed by atoms with Crippen molar-refractivity contribution in [1.82, 2.24) is 9.13 Å². The highest BCUT2D eigenvalue weighted by Crippen LogP contribution is 2.54. The van der Waals surface area contributed by atoms with Gasteiger partial charge in [0.2, 0.25) is 0 Å². The fourth-order valence-corrected chi connectivity index (χ4v) is 12.2. The average molecular weight is 798 g/mol. The molecule has 4 nitrogen and oxygen atoms in total. The molecule has 0 aliphatic carbocycles. The third kappa shape index (κ3) is 3.87. The van der Waals surface area contributed by atoms with E-state index in [1.54, 1.807) is 0 Å². The summed E-state index contributed by atoms with van der Waals surface area (Å²) >= 11 is 0. The molecule has 0 bridgehead atoms. The van der Waals surface area contributed by atoms with Crippen LogP contribution in [0.2, 0.25) is 0 Å². The summed E-state index contributed by atoms with van der Waals surface area (Å²) in [4.78, 5) is 2.46. The van der Waals surface area contributed by atoms with Crippen LogP contribution in [-0.2, 0) is 0 Å². The van der Waals surface area contributed by atoms with Crippen LogP contribution in [0.5, 0.6) is 11.5 Å². The summed E-state index contributed by atoms with van der Waals surface area (Å²) in [6.07, 6.45) is 0. The number of anilines is 3. The maximum absolute atomic E-state index is 6.66. The minimum atomic E-state index is -0.0631. The summed E-state index contributed by atoms with van der Waals surface area (Å²) in [5.74, 6) is 1.69. The Hall–Kier alpha value is -8.28. The number of benzene rings is 11. The van der Waals surface area contributed by atoms with Gasteiger partial charge in [0, 0.05) is 27.2 Å². The van der Waals surface area contributed by atoms with E-state index in [-0.39, 0.29) is 6.71 Å². The smallest absolute Gasteiger partial charge is 0.252 e. The molecule has 5 heterocycles. The molecule has 0 saturated carbocycles. The number of rotatable bonds is 1. The summed E-state index contributed by atoms with van der Waals surface area (Å²) in [7, 11) is 0. The van der Waals surface area contributed by atoms with Crippen molar-refractivity contribution < 1.29 is 4.74 Å². The molecule has 0 fully saturated rings. The number of fused-ring (bicyclic) bond motifs is 20. The van der Waals surface area contributed by atoms with E-state index in [1.165, 1.54) is 114 Å². The van der Waals surface area contributed by atoms with Crippen LogP contribution < -0.4 is 26.0 Å². The molecule has 11 aromatic carbocycles. The first kappa shape index (κ1) is 32.5. The van der Waals surface area contributed by atoms with Crippen molar-refractivity contribution in [3.63, 3.8) is 0 Å². The van der Waals surface area contributed by atoms with E-state index in [4.69, 9.17) is 4.74 Å². The number of nitrogens with zero attached hydrogens (tertiary/aromatic N) is 3. The molecule has 0 amide bonds. The van der Waals surface area contributed by atoms with Crippen LogP contribution in [0.25, 0.3) is 98.1 Å². The first-order chi connectivity index (χ1) is 31.3. The zero-order valence-electron chi connectivity index (χ0n) is 33.8. The van der Waals surface area contributed by atoms with Gasteiger partial charge in [-0.3, -0.25) is 0 Å². The van der Waals surface area contributed by atoms with Crippen LogP contribution in [0.3, 0.4) is 0 Å². The summed E-state index contributed by atoms with van der Waals surface area (Å²) in [6, 6.07) is 72.1. The molecule has 13 aromatic rings. The first-order valence-corrected chi connectivity index (χ1v) is 21.9. The number of hydrogen-bond acceptors (Lipinski definition) is 2. The van der Waals surface area contributed by atoms with Gasteiger partial charge in [-0.2, -0.15) is 0 Å². The molecule has 0 radical (unpaired) electrons. The molecule has 5 heteroatoms. The minimum Gasteiger partial charge on any atom is -0.453 e. The third-order valence-electron chi connectivity index (χ3n) is 14.6. The van der Waals surface area contributed by atoms with E-state index in [1.807, 2.05) is 0 Å². The Bertz CT molecular complexity index is 4230. The zero-order valence-corrected chi connectivity index (χ0v) is 33.8. The molecular formula is C58H32BN3O. The zero-order chi connectivity index (χ0) is 40.7. The topological polar surface area (TPSA) is 22.3 Å². The van der Waals surface area contributed by atoms with Crippen molar-refractivity contribution in [3.8, 4) is 22.9 Å². The Labute approximate surface area is 361 Å². The van der Waals surface area contributed by atoms with E-state index < -0.39 is 0 Å². The molecule has 0 N–H and O–H groups in total. The fraction of sp³-hybridized carbons (Fsp3) is 0. The van der Waals surface area contributed by atoms with Crippen molar-refractivity contribution >= 4 is 127 Å². The van der Waals surface area contributed by atoms with E-state index in [0.29, 0.717) is 0 Å². The monoisotopic (exact) mass is 797 g/mol. The lowest BCUT2D eigenvalue weighted by atomic mass is 9.34. The highest BCUT2D eigenvalue weighted by atomic mass is 16.5. The van der Waals surface area contributed by atoms with Gasteiger partial charge in [-0.1, -0.05) is 146 Å². The fourth-order valence-electron chi connectivity index (χ4n) is 12.2. The van der Waals surface area contributed by atoms with Gasteiger partial charge in [-0.05, 0) is 108 Å². The molecule has 3 aliphatic heterocycles. The van der Waals surface area contributed by atoms with Crippen molar-refractivity contribution in [3.05, 3.63) is 194 Å². The lowest BCUT2D eigenvalue weighted by molar-refractivity contribution is 0.477. The molecule has 0 atom stereocenters. The second kappa shape index (κ2) is 11.3. The predicted octanol–water partition coefficient (Wildman–Crippen LogP) is 13.2. The Kier molecular flexibility index (Phi) is 5.85. The van der Waals surface area contributed by atoms with E-state index in [0.717, 1.165) is 28.6 Å². The lowest BCUT2D eigenvalue weighted by Gasteiger charge is -2.39. The van der Waals surface area contributed by atoms with Crippen LogP contribution in [0.15, 0.2) is 194 Å².